The maximum Gasteiger partial charge on any atom is 0.330 e. The number of barbiturate groups is 1. The van der Waals surface area contributed by atoms with Gasteiger partial charge in [0.2, 0.25) is 21.8 Å². The van der Waals surface area contributed by atoms with Gasteiger partial charge in [0.15, 0.2) is 0 Å². The molecule has 1 saturated heterocycles. The van der Waals surface area contributed by atoms with Gasteiger partial charge in [0.25, 0.3) is 0 Å². The van der Waals surface area contributed by atoms with E-state index in [0.717, 1.165) is 30.6 Å². The van der Waals surface area contributed by atoms with Crippen LogP contribution in [0.15, 0.2) is 0 Å². The summed E-state index contributed by atoms with van der Waals surface area (Å²) in [6, 6.07) is -0.842. The van der Waals surface area contributed by atoms with E-state index in [1.807, 2.05) is 0 Å². The second kappa shape index (κ2) is 6.10. The van der Waals surface area contributed by atoms with Gasteiger partial charge in [-0.05, 0) is 25.8 Å². The number of amides is 4. The molecule has 0 bridgehead atoms. The second-order valence-electron chi connectivity index (χ2n) is 5.33. The van der Waals surface area contributed by atoms with Crippen molar-refractivity contribution >= 4 is 27.9 Å². The third kappa shape index (κ3) is 3.41. The molecule has 4 amide bonds. The molecule has 9 heteroatoms. The van der Waals surface area contributed by atoms with Gasteiger partial charge in [0.1, 0.15) is 5.92 Å². The van der Waals surface area contributed by atoms with Gasteiger partial charge in [-0.3, -0.25) is 19.8 Å². The topological polar surface area (TPSA) is 113 Å². The summed E-state index contributed by atoms with van der Waals surface area (Å²) in [6.07, 6.45) is 3.48. The van der Waals surface area contributed by atoms with Gasteiger partial charge in [-0.25, -0.2) is 17.9 Å². The van der Waals surface area contributed by atoms with Crippen LogP contribution >= 0.6 is 0 Å². The lowest BCUT2D eigenvalue weighted by molar-refractivity contribution is -0.144. The summed E-state index contributed by atoms with van der Waals surface area (Å²) < 4.78 is 24.9. The van der Waals surface area contributed by atoms with Gasteiger partial charge in [-0.15, -0.1) is 0 Å². The Kier molecular flexibility index (Phi) is 4.62. The molecule has 1 aliphatic carbocycles. The zero-order valence-electron chi connectivity index (χ0n) is 11.8. The molecule has 2 fully saturated rings. The maximum absolute atomic E-state index is 12.4. The van der Waals surface area contributed by atoms with Crippen molar-refractivity contribution < 1.29 is 22.8 Å². The summed E-state index contributed by atoms with van der Waals surface area (Å²) in [5, 5.41) is 2.15. The zero-order chi connectivity index (χ0) is 15.6. The fraction of sp³-hybridized carbons (Fsp3) is 0.750. The van der Waals surface area contributed by atoms with Crippen molar-refractivity contribution in [3.8, 4) is 0 Å². The molecule has 1 aliphatic heterocycles. The SMILES string of the molecule is CNS(=O)(=O)CCN1C(=O)NC(=O)C(C2CCCC2)C1=O. The summed E-state index contributed by atoms with van der Waals surface area (Å²) in [5.41, 5.74) is 0. The third-order valence-electron chi connectivity index (χ3n) is 4.06. The minimum absolute atomic E-state index is 0.0611. The lowest BCUT2D eigenvalue weighted by Gasteiger charge is -2.32. The van der Waals surface area contributed by atoms with Crippen LogP contribution in [0.2, 0.25) is 0 Å². The van der Waals surface area contributed by atoms with E-state index >= 15 is 0 Å². The number of nitrogens with one attached hydrogen (secondary N) is 2. The smallest absolute Gasteiger partial charge is 0.277 e. The molecule has 1 unspecified atom stereocenters. The van der Waals surface area contributed by atoms with Gasteiger partial charge < -0.3 is 0 Å². The number of rotatable bonds is 5. The molecule has 0 radical (unpaired) electrons. The molecule has 8 nitrogen and oxygen atoms in total. The van der Waals surface area contributed by atoms with Crippen LogP contribution in [0.4, 0.5) is 4.79 Å². The average Bonchev–Trinajstić information content (AvgIpc) is 2.91. The number of nitrogens with zero attached hydrogens (tertiary/aromatic N) is 1. The molecule has 2 aliphatic rings. The monoisotopic (exact) mass is 317 g/mol. The normalized spacial score (nSPS) is 24.5. The van der Waals surface area contributed by atoms with Crippen molar-refractivity contribution in [1.82, 2.24) is 14.9 Å². The Morgan fingerprint density at radius 2 is 1.86 bits per heavy atom. The minimum atomic E-state index is -3.52. The molecular weight excluding hydrogens is 298 g/mol. The number of carbonyl (C=O) groups is 3. The molecular formula is C12H19N3O5S. The van der Waals surface area contributed by atoms with E-state index in [2.05, 4.69) is 10.0 Å². The predicted octanol–water partition coefficient (Wildman–Crippen LogP) is -0.580. The molecule has 0 aromatic rings. The highest BCUT2D eigenvalue weighted by atomic mass is 32.2. The van der Waals surface area contributed by atoms with Crippen LogP contribution in [-0.2, 0) is 19.6 Å². The van der Waals surface area contributed by atoms with Crippen LogP contribution in [-0.4, -0.2) is 50.5 Å². The zero-order valence-corrected chi connectivity index (χ0v) is 12.6. The first-order valence-electron chi connectivity index (χ1n) is 6.93. The van der Waals surface area contributed by atoms with E-state index in [1.54, 1.807) is 0 Å². The van der Waals surface area contributed by atoms with Crippen LogP contribution in [0.1, 0.15) is 25.7 Å². The Morgan fingerprint density at radius 1 is 1.24 bits per heavy atom. The van der Waals surface area contributed by atoms with Crippen LogP contribution in [0, 0.1) is 11.8 Å². The number of imide groups is 2. The lowest BCUT2D eigenvalue weighted by atomic mass is 9.87. The molecule has 2 rings (SSSR count). The summed E-state index contributed by atoms with van der Waals surface area (Å²) in [7, 11) is -2.26. The highest BCUT2D eigenvalue weighted by Gasteiger charge is 2.45. The summed E-state index contributed by atoms with van der Waals surface area (Å²) in [4.78, 5) is 36.8. The molecule has 0 aromatic heterocycles. The molecule has 2 N–H and O–H groups in total. The summed E-state index contributed by atoms with van der Waals surface area (Å²) in [6.45, 7) is -0.260. The average molecular weight is 317 g/mol. The highest BCUT2D eigenvalue weighted by Crippen LogP contribution is 2.33. The Balaban J connectivity index is 2.11. The summed E-state index contributed by atoms with van der Waals surface area (Å²) >= 11 is 0. The van der Waals surface area contributed by atoms with Crippen molar-refractivity contribution in [2.45, 2.75) is 25.7 Å². The summed E-state index contributed by atoms with van der Waals surface area (Å²) in [5.74, 6) is -2.46. The first-order valence-corrected chi connectivity index (χ1v) is 8.58. The van der Waals surface area contributed by atoms with Crippen molar-refractivity contribution in [2.24, 2.45) is 11.8 Å². The van der Waals surface area contributed by atoms with Gasteiger partial charge in [-0.1, -0.05) is 12.8 Å². The Morgan fingerprint density at radius 3 is 2.43 bits per heavy atom. The number of carbonyl (C=O) groups excluding carboxylic acids is 3. The third-order valence-corrected chi connectivity index (χ3v) is 5.40. The molecule has 1 atom stereocenters. The van der Waals surface area contributed by atoms with Crippen LogP contribution in [0.5, 0.6) is 0 Å². The fourth-order valence-electron chi connectivity index (χ4n) is 2.86. The van der Waals surface area contributed by atoms with E-state index < -0.39 is 33.8 Å². The number of hydrogen-bond donors (Lipinski definition) is 2. The van der Waals surface area contributed by atoms with Gasteiger partial charge in [0.05, 0.1) is 5.75 Å². The lowest BCUT2D eigenvalue weighted by Crippen LogP contribution is -2.60. The standard InChI is InChI=1S/C12H19N3O5S/c1-13-21(19,20)7-6-15-11(17)9(8-4-2-3-5-8)10(16)14-12(15)18/h8-9,13H,2-7H2,1H3,(H,14,16,18). The molecule has 1 saturated carbocycles. The number of urea groups is 1. The van der Waals surface area contributed by atoms with E-state index in [1.165, 1.54) is 7.05 Å². The van der Waals surface area contributed by atoms with Crippen molar-refractivity contribution in [3.63, 3.8) is 0 Å². The van der Waals surface area contributed by atoms with E-state index in [0.29, 0.717) is 0 Å². The Hall–Kier alpha value is -1.48. The minimum Gasteiger partial charge on any atom is -0.277 e. The molecule has 0 aromatic carbocycles. The van der Waals surface area contributed by atoms with Gasteiger partial charge >= 0.3 is 6.03 Å². The molecule has 118 valence electrons. The largest absolute Gasteiger partial charge is 0.330 e. The fourth-order valence-corrected chi connectivity index (χ4v) is 3.49. The Labute approximate surface area is 123 Å². The van der Waals surface area contributed by atoms with Crippen LogP contribution in [0.25, 0.3) is 0 Å². The van der Waals surface area contributed by atoms with Gasteiger partial charge in [0, 0.05) is 6.54 Å². The van der Waals surface area contributed by atoms with Gasteiger partial charge in [-0.2, -0.15) is 0 Å². The first-order chi connectivity index (χ1) is 9.85. The highest BCUT2D eigenvalue weighted by molar-refractivity contribution is 7.89. The Bertz CT molecular complexity index is 553. The van der Waals surface area contributed by atoms with E-state index in [9.17, 15) is 22.8 Å². The van der Waals surface area contributed by atoms with E-state index in [-0.39, 0.29) is 18.2 Å². The number of sulfonamides is 1. The predicted molar refractivity (Wildman–Crippen MR) is 73.5 cm³/mol. The van der Waals surface area contributed by atoms with Crippen molar-refractivity contribution in [3.05, 3.63) is 0 Å². The maximum atomic E-state index is 12.4. The van der Waals surface area contributed by atoms with E-state index in [4.69, 9.17) is 0 Å². The quantitative estimate of drug-likeness (QED) is 0.659. The molecule has 1 heterocycles. The number of hydrogen-bond acceptors (Lipinski definition) is 5. The molecule has 21 heavy (non-hydrogen) atoms. The van der Waals surface area contributed by atoms with Crippen LogP contribution < -0.4 is 10.0 Å². The van der Waals surface area contributed by atoms with Crippen molar-refractivity contribution in [1.29, 1.82) is 0 Å². The second-order valence-corrected chi connectivity index (χ2v) is 7.38. The van der Waals surface area contributed by atoms with Crippen molar-refractivity contribution in [2.75, 3.05) is 19.3 Å². The first kappa shape index (κ1) is 15.9. The molecule has 0 spiro atoms. The van der Waals surface area contributed by atoms with Crippen LogP contribution in [0.3, 0.4) is 0 Å².